The smallest absolute Gasteiger partial charge is 0.0801 e. The van der Waals surface area contributed by atoms with Gasteiger partial charge in [-0.2, -0.15) is 0 Å². The van der Waals surface area contributed by atoms with Gasteiger partial charge in [0.25, 0.3) is 0 Å². The molecule has 1 atom stereocenters. The van der Waals surface area contributed by atoms with Crippen LogP contribution in [0.15, 0.2) is 41.3 Å². The molecule has 94 valence electrons. The van der Waals surface area contributed by atoms with Crippen molar-refractivity contribution in [3.63, 3.8) is 0 Å². The van der Waals surface area contributed by atoms with Gasteiger partial charge < -0.3 is 5.32 Å². The summed E-state index contributed by atoms with van der Waals surface area (Å²) in [6.07, 6.45) is 5.22. The van der Waals surface area contributed by atoms with E-state index in [1.807, 2.05) is 0 Å². The average molecular weight is 418 g/mol. The molecule has 18 heavy (non-hydrogen) atoms. The van der Waals surface area contributed by atoms with E-state index in [0.29, 0.717) is 0 Å². The minimum Gasteiger partial charge on any atom is -0.305 e. The summed E-state index contributed by atoms with van der Waals surface area (Å²) >= 11 is 5.93. The van der Waals surface area contributed by atoms with E-state index in [1.54, 1.807) is 18.6 Å². The van der Waals surface area contributed by atoms with Gasteiger partial charge in [-0.3, -0.25) is 9.97 Å². The van der Waals surface area contributed by atoms with Gasteiger partial charge in [0.05, 0.1) is 17.9 Å². The van der Waals surface area contributed by atoms with Crippen molar-refractivity contribution < 1.29 is 0 Å². The minimum absolute atomic E-state index is 0.0628. The first-order chi connectivity index (χ1) is 8.72. The van der Waals surface area contributed by atoms with Crippen LogP contribution in [0.25, 0.3) is 0 Å². The summed E-state index contributed by atoms with van der Waals surface area (Å²) in [6, 6.07) is 6.37. The van der Waals surface area contributed by atoms with E-state index in [-0.39, 0.29) is 6.04 Å². The Balaban J connectivity index is 2.44. The van der Waals surface area contributed by atoms with Gasteiger partial charge in [-0.05, 0) is 52.9 Å². The highest BCUT2D eigenvalue weighted by Gasteiger charge is 2.17. The number of benzene rings is 1. The van der Waals surface area contributed by atoms with E-state index in [1.165, 1.54) is 9.13 Å². The number of hydrogen-bond acceptors (Lipinski definition) is 3. The maximum atomic E-state index is 4.40. The van der Waals surface area contributed by atoms with E-state index in [2.05, 4.69) is 78.9 Å². The predicted octanol–water partition coefficient (Wildman–Crippen LogP) is 3.54. The highest BCUT2D eigenvalue weighted by atomic mass is 127. The van der Waals surface area contributed by atoms with Gasteiger partial charge in [0.1, 0.15) is 0 Å². The molecule has 2 aromatic rings. The van der Waals surface area contributed by atoms with Crippen LogP contribution in [0, 0.1) is 3.57 Å². The summed E-state index contributed by atoms with van der Waals surface area (Å²) in [5.74, 6) is 0. The van der Waals surface area contributed by atoms with Crippen LogP contribution in [0.1, 0.15) is 24.2 Å². The summed E-state index contributed by atoms with van der Waals surface area (Å²) in [7, 11) is 0. The van der Waals surface area contributed by atoms with Gasteiger partial charge in [0.15, 0.2) is 0 Å². The van der Waals surface area contributed by atoms with Crippen molar-refractivity contribution in [3.8, 4) is 0 Å². The lowest BCUT2D eigenvalue weighted by Gasteiger charge is -2.19. The molecule has 0 spiro atoms. The SMILES string of the molecule is CCNC(c1cnccn1)c1cc(I)ccc1Br. The molecule has 0 amide bonds. The third kappa shape index (κ3) is 3.27. The van der Waals surface area contributed by atoms with Gasteiger partial charge in [0, 0.05) is 20.4 Å². The third-order valence-corrected chi connectivity index (χ3v) is 3.95. The fourth-order valence-corrected chi connectivity index (χ4v) is 2.76. The van der Waals surface area contributed by atoms with Gasteiger partial charge in [0.2, 0.25) is 0 Å². The van der Waals surface area contributed by atoms with Crippen molar-refractivity contribution in [2.45, 2.75) is 13.0 Å². The first-order valence-electron chi connectivity index (χ1n) is 5.66. The molecule has 0 aliphatic carbocycles. The zero-order valence-corrected chi connectivity index (χ0v) is 13.6. The van der Waals surface area contributed by atoms with Crippen LogP contribution >= 0.6 is 38.5 Å². The Morgan fingerprint density at radius 2 is 2.22 bits per heavy atom. The van der Waals surface area contributed by atoms with Crippen molar-refractivity contribution in [2.24, 2.45) is 0 Å². The molecule has 1 aromatic carbocycles. The molecule has 0 radical (unpaired) electrons. The largest absolute Gasteiger partial charge is 0.305 e. The molecule has 3 nitrogen and oxygen atoms in total. The van der Waals surface area contributed by atoms with E-state index in [4.69, 9.17) is 0 Å². The summed E-state index contributed by atoms with van der Waals surface area (Å²) < 4.78 is 2.29. The number of halogens is 2. The van der Waals surface area contributed by atoms with E-state index < -0.39 is 0 Å². The quantitative estimate of drug-likeness (QED) is 0.773. The monoisotopic (exact) mass is 417 g/mol. The molecule has 0 aliphatic rings. The van der Waals surface area contributed by atoms with Crippen molar-refractivity contribution in [3.05, 3.63) is 56.1 Å². The van der Waals surface area contributed by atoms with Gasteiger partial charge >= 0.3 is 0 Å². The highest BCUT2D eigenvalue weighted by molar-refractivity contribution is 14.1. The van der Waals surface area contributed by atoms with Crippen LogP contribution in [-0.4, -0.2) is 16.5 Å². The Kier molecular flexibility index (Phi) is 5.08. The van der Waals surface area contributed by atoms with Crippen molar-refractivity contribution in [2.75, 3.05) is 6.54 Å². The van der Waals surface area contributed by atoms with E-state index >= 15 is 0 Å². The van der Waals surface area contributed by atoms with E-state index in [9.17, 15) is 0 Å². The third-order valence-electron chi connectivity index (χ3n) is 2.56. The molecule has 0 saturated heterocycles. The number of rotatable bonds is 4. The van der Waals surface area contributed by atoms with Gasteiger partial charge in [-0.1, -0.05) is 22.9 Å². The van der Waals surface area contributed by atoms with Crippen LogP contribution in [0.5, 0.6) is 0 Å². The molecule has 1 N–H and O–H groups in total. The Morgan fingerprint density at radius 3 is 2.89 bits per heavy atom. The fraction of sp³-hybridized carbons (Fsp3) is 0.231. The zero-order valence-electron chi connectivity index (χ0n) is 9.90. The molecule has 0 aliphatic heterocycles. The second-order valence-corrected chi connectivity index (χ2v) is 5.89. The molecular weight excluding hydrogens is 405 g/mol. The lowest BCUT2D eigenvalue weighted by molar-refractivity contribution is 0.610. The summed E-state index contributed by atoms with van der Waals surface area (Å²) in [5, 5.41) is 3.45. The zero-order chi connectivity index (χ0) is 13.0. The fourth-order valence-electron chi connectivity index (χ4n) is 1.77. The summed E-state index contributed by atoms with van der Waals surface area (Å²) in [5.41, 5.74) is 2.12. The van der Waals surface area contributed by atoms with Crippen LogP contribution < -0.4 is 5.32 Å². The summed E-state index contributed by atoms with van der Waals surface area (Å²) in [4.78, 5) is 8.54. The molecule has 0 bridgehead atoms. The number of nitrogens with one attached hydrogen (secondary N) is 1. The minimum atomic E-state index is 0.0628. The second-order valence-electron chi connectivity index (χ2n) is 3.79. The summed E-state index contributed by atoms with van der Waals surface area (Å²) in [6.45, 7) is 2.96. The first kappa shape index (κ1) is 13.9. The Bertz CT molecular complexity index is 519. The Hall–Kier alpha value is -0.530. The first-order valence-corrected chi connectivity index (χ1v) is 7.53. The van der Waals surface area contributed by atoms with Crippen molar-refractivity contribution in [1.29, 1.82) is 0 Å². The Labute approximate surface area is 129 Å². The van der Waals surface area contributed by atoms with Crippen molar-refractivity contribution >= 4 is 38.5 Å². The van der Waals surface area contributed by atoms with E-state index in [0.717, 1.165) is 16.7 Å². The molecular formula is C13H13BrIN3. The molecule has 5 heteroatoms. The van der Waals surface area contributed by atoms with Crippen LogP contribution in [0.4, 0.5) is 0 Å². The number of hydrogen-bond donors (Lipinski definition) is 1. The number of nitrogens with zero attached hydrogens (tertiary/aromatic N) is 2. The van der Waals surface area contributed by atoms with Crippen LogP contribution in [-0.2, 0) is 0 Å². The molecule has 1 heterocycles. The normalized spacial score (nSPS) is 12.4. The molecule has 0 fully saturated rings. The Morgan fingerprint density at radius 1 is 1.39 bits per heavy atom. The topological polar surface area (TPSA) is 37.8 Å². The molecule has 2 rings (SSSR count). The van der Waals surface area contributed by atoms with Gasteiger partial charge in [-0.15, -0.1) is 0 Å². The molecule has 1 aromatic heterocycles. The van der Waals surface area contributed by atoms with Crippen LogP contribution in [0.2, 0.25) is 0 Å². The maximum absolute atomic E-state index is 4.40. The average Bonchev–Trinajstić information content (AvgIpc) is 2.40. The number of aromatic nitrogens is 2. The maximum Gasteiger partial charge on any atom is 0.0801 e. The highest BCUT2D eigenvalue weighted by Crippen LogP contribution is 2.28. The lowest BCUT2D eigenvalue weighted by Crippen LogP contribution is -2.23. The molecule has 1 unspecified atom stereocenters. The van der Waals surface area contributed by atoms with Gasteiger partial charge in [-0.25, -0.2) is 0 Å². The predicted molar refractivity (Wildman–Crippen MR) is 84.4 cm³/mol. The standard InChI is InChI=1S/C13H13BrIN3/c1-2-17-13(12-8-16-5-6-18-12)10-7-9(15)3-4-11(10)14/h3-8,13,17H,2H2,1H3. The van der Waals surface area contributed by atoms with Crippen LogP contribution in [0.3, 0.4) is 0 Å². The lowest BCUT2D eigenvalue weighted by atomic mass is 10.0. The van der Waals surface area contributed by atoms with Crippen molar-refractivity contribution in [1.82, 2.24) is 15.3 Å². The second kappa shape index (κ2) is 6.58. The molecule has 0 saturated carbocycles.